The van der Waals surface area contributed by atoms with Gasteiger partial charge in [-0.05, 0) is 36.5 Å². The van der Waals surface area contributed by atoms with Crippen molar-refractivity contribution in [3.8, 4) is 11.8 Å². The van der Waals surface area contributed by atoms with Crippen LogP contribution < -0.4 is 4.74 Å². The van der Waals surface area contributed by atoms with E-state index in [9.17, 15) is 5.26 Å². The number of fused-ring (bicyclic) bond motifs is 1. The summed E-state index contributed by atoms with van der Waals surface area (Å²) in [7, 11) is 0. The van der Waals surface area contributed by atoms with Gasteiger partial charge in [-0.25, -0.2) is 9.97 Å². The van der Waals surface area contributed by atoms with E-state index in [1.54, 1.807) is 6.20 Å². The molecule has 0 fully saturated rings. The molecule has 0 aliphatic heterocycles. The third kappa shape index (κ3) is 4.12. The van der Waals surface area contributed by atoms with Crippen molar-refractivity contribution in [1.82, 2.24) is 20.2 Å². The number of H-pyrrole nitrogens is 1. The van der Waals surface area contributed by atoms with E-state index in [0.29, 0.717) is 36.5 Å². The van der Waals surface area contributed by atoms with Crippen molar-refractivity contribution in [2.45, 2.75) is 52.6 Å². The van der Waals surface area contributed by atoms with Crippen LogP contribution in [0.2, 0.25) is 0 Å². The Balaban J connectivity index is 1.86. The molecule has 0 aliphatic carbocycles. The monoisotopic (exact) mass is 379 g/mol. The van der Waals surface area contributed by atoms with Crippen molar-refractivity contribution >= 4 is 11.0 Å². The van der Waals surface area contributed by atoms with E-state index >= 15 is 0 Å². The minimum atomic E-state index is -0.157. The molecule has 2 aromatic heterocycles. The highest BCUT2D eigenvalue weighted by atomic mass is 16.5. The molecular formula is C21H25N5O2. The molecule has 0 aliphatic rings. The highest BCUT2D eigenvalue weighted by Crippen LogP contribution is 2.34. The van der Waals surface area contributed by atoms with Gasteiger partial charge in [0, 0.05) is 24.8 Å². The molecule has 2 N–H and O–H groups in total. The number of hydrogen-bond donors (Lipinski definition) is 2. The Morgan fingerprint density at radius 1 is 1.29 bits per heavy atom. The predicted molar refractivity (Wildman–Crippen MR) is 106 cm³/mol. The van der Waals surface area contributed by atoms with Crippen molar-refractivity contribution in [2.75, 3.05) is 6.61 Å². The largest absolute Gasteiger partial charge is 0.487 e. The van der Waals surface area contributed by atoms with Crippen molar-refractivity contribution in [2.24, 2.45) is 0 Å². The van der Waals surface area contributed by atoms with Gasteiger partial charge in [0.1, 0.15) is 18.2 Å². The maximum absolute atomic E-state index is 9.34. The van der Waals surface area contributed by atoms with Gasteiger partial charge in [-0.1, -0.05) is 20.8 Å². The summed E-state index contributed by atoms with van der Waals surface area (Å²) >= 11 is 0. The summed E-state index contributed by atoms with van der Waals surface area (Å²) in [6, 6.07) is 6.07. The molecule has 7 heteroatoms. The Morgan fingerprint density at radius 3 is 2.75 bits per heavy atom. The second-order valence-electron chi connectivity index (χ2n) is 7.87. The van der Waals surface area contributed by atoms with Crippen LogP contribution in [-0.4, -0.2) is 31.9 Å². The maximum atomic E-state index is 9.34. The summed E-state index contributed by atoms with van der Waals surface area (Å²) in [5, 5.41) is 26.3. The number of hydrogen-bond acceptors (Lipinski definition) is 6. The number of aromatic nitrogens is 4. The molecule has 0 radical (unpaired) electrons. The molecule has 0 amide bonds. The second kappa shape index (κ2) is 7.95. The zero-order chi connectivity index (χ0) is 20.3. The molecule has 146 valence electrons. The van der Waals surface area contributed by atoms with Crippen molar-refractivity contribution in [3.63, 3.8) is 0 Å². The summed E-state index contributed by atoms with van der Waals surface area (Å²) in [5.41, 5.74) is 3.76. The fourth-order valence-electron chi connectivity index (χ4n) is 3.01. The third-order valence-corrected chi connectivity index (χ3v) is 4.63. The normalized spacial score (nSPS) is 11.6. The van der Waals surface area contributed by atoms with E-state index in [1.807, 2.05) is 19.1 Å². The van der Waals surface area contributed by atoms with Crippen LogP contribution in [0, 0.1) is 18.3 Å². The maximum Gasteiger partial charge on any atom is 0.184 e. The molecule has 1 aromatic carbocycles. The number of ether oxygens (including phenoxy) is 1. The van der Waals surface area contributed by atoms with Crippen molar-refractivity contribution in [3.05, 3.63) is 46.5 Å². The molecule has 0 spiro atoms. The van der Waals surface area contributed by atoms with E-state index in [2.05, 4.69) is 47.0 Å². The Kier molecular flexibility index (Phi) is 5.61. The van der Waals surface area contributed by atoms with Gasteiger partial charge in [0.05, 0.1) is 22.7 Å². The number of aliphatic hydroxyl groups excluding tert-OH is 1. The summed E-state index contributed by atoms with van der Waals surface area (Å²) in [5.74, 6) is 1.42. The molecule has 0 unspecified atom stereocenters. The summed E-state index contributed by atoms with van der Waals surface area (Å²) in [6.45, 7) is 8.60. The number of aryl methyl sites for hydroxylation is 2. The molecule has 3 rings (SSSR count). The van der Waals surface area contributed by atoms with E-state index in [0.717, 1.165) is 28.0 Å². The van der Waals surface area contributed by atoms with Gasteiger partial charge in [0.25, 0.3) is 0 Å². The fourth-order valence-corrected chi connectivity index (χ4v) is 3.01. The Labute approximate surface area is 164 Å². The third-order valence-electron chi connectivity index (χ3n) is 4.63. The first-order valence-electron chi connectivity index (χ1n) is 9.31. The smallest absolute Gasteiger partial charge is 0.184 e. The number of nitriles is 1. The number of rotatable bonds is 6. The lowest BCUT2D eigenvalue weighted by Crippen LogP contribution is -2.14. The number of aromatic amines is 1. The predicted octanol–water partition coefficient (Wildman–Crippen LogP) is 3.33. The summed E-state index contributed by atoms with van der Waals surface area (Å²) in [6.07, 6.45) is 2.98. The summed E-state index contributed by atoms with van der Waals surface area (Å²) in [4.78, 5) is 8.78. The van der Waals surface area contributed by atoms with E-state index in [-0.39, 0.29) is 12.0 Å². The molecule has 7 nitrogen and oxygen atoms in total. The van der Waals surface area contributed by atoms with Gasteiger partial charge in [-0.2, -0.15) is 10.4 Å². The Bertz CT molecular complexity index is 1030. The molecule has 28 heavy (non-hydrogen) atoms. The molecule has 0 bridgehead atoms. The first-order valence-corrected chi connectivity index (χ1v) is 9.31. The Morgan fingerprint density at radius 2 is 2.07 bits per heavy atom. The van der Waals surface area contributed by atoms with Gasteiger partial charge < -0.3 is 9.84 Å². The topological polar surface area (TPSA) is 108 Å². The molecule has 0 saturated heterocycles. The standard InChI is InChI=1S/C21H25N5O2/c1-13-8-18(16(21(2,3)4)9-14(13)10-22)28-12-17-15-11-23-19(6-5-7-27)24-20(15)26-25-17/h8-9,11,27H,5-7,12H2,1-4H3,(H,23,24,25,26). The van der Waals surface area contributed by atoms with Crippen LogP contribution in [0.1, 0.15) is 55.4 Å². The van der Waals surface area contributed by atoms with E-state index in [1.165, 1.54) is 0 Å². The number of benzene rings is 1. The van der Waals surface area contributed by atoms with Crippen LogP contribution >= 0.6 is 0 Å². The van der Waals surface area contributed by atoms with Gasteiger partial charge in [0.2, 0.25) is 0 Å². The minimum absolute atomic E-state index is 0.112. The zero-order valence-electron chi connectivity index (χ0n) is 16.7. The van der Waals surface area contributed by atoms with E-state index in [4.69, 9.17) is 9.84 Å². The van der Waals surface area contributed by atoms with Crippen LogP contribution in [0.5, 0.6) is 5.75 Å². The number of nitrogens with one attached hydrogen (secondary N) is 1. The molecular weight excluding hydrogens is 354 g/mol. The number of aliphatic hydroxyl groups is 1. The van der Waals surface area contributed by atoms with Gasteiger partial charge in [0.15, 0.2) is 5.65 Å². The quantitative estimate of drug-likeness (QED) is 0.680. The van der Waals surface area contributed by atoms with Gasteiger partial charge in [-0.15, -0.1) is 0 Å². The van der Waals surface area contributed by atoms with Crippen LogP contribution in [0.3, 0.4) is 0 Å². The van der Waals surface area contributed by atoms with Crippen LogP contribution in [-0.2, 0) is 18.4 Å². The fraction of sp³-hybridized carbons (Fsp3) is 0.429. The highest BCUT2D eigenvalue weighted by Gasteiger charge is 2.21. The highest BCUT2D eigenvalue weighted by molar-refractivity contribution is 5.76. The van der Waals surface area contributed by atoms with Crippen LogP contribution in [0.25, 0.3) is 11.0 Å². The SMILES string of the molecule is Cc1cc(OCc2[nH]nc3nc(CCCO)ncc23)c(C(C)(C)C)cc1C#N. The lowest BCUT2D eigenvalue weighted by Gasteiger charge is -2.23. The molecule has 2 heterocycles. The van der Waals surface area contributed by atoms with Gasteiger partial charge in [-0.3, -0.25) is 5.10 Å². The van der Waals surface area contributed by atoms with Crippen LogP contribution in [0.4, 0.5) is 0 Å². The average Bonchev–Trinajstić information content (AvgIpc) is 3.06. The van der Waals surface area contributed by atoms with Crippen molar-refractivity contribution < 1.29 is 9.84 Å². The minimum Gasteiger partial charge on any atom is -0.487 e. The lowest BCUT2D eigenvalue weighted by molar-refractivity contribution is 0.287. The van der Waals surface area contributed by atoms with Crippen LogP contribution in [0.15, 0.2) is 18.3 Å². The molecule has 3 aromatic rings. The van der Waals surface area contributed by atoms with E-state index < -0.39 is 0 Å². The molecule has 0 atom stereocenters. The lowest BCUT2D eigenvalue weighted by atomic mass is 9.84. The number of nitrogens with zero attached hydrogens (tertiary/aromatic N) is 4. The summed E-state index contributed by atoms with van der Waals surface area (Å²) < 4.78 is 6.12. The first kappa shape index (κ1) is 19.8. The first-order chi connectivity index (χ1) is 13.3. The second-order valence-corrected chi connectivity index (χ2v) is 7.87. The zero-order valence-corrected chi connectivity index (χ0v) is 16.7. The van der Waals surface area contributed by atoms with Crippen molar-refractivity contribution in [1.29, 1.82) is 5.26 Å². The van der Waals surface area contributed by atoms with Gasteiger partial charge >= 0.3 is 0 Å². The molecule has 0 saturated carbocycles. The average molecular weight is 379 g/mol. The Hall–Kier alpha value is -2.98.